The SMILES string of the molecule is COC(=O)C1c2ccc(OCc3cccc(Cl)c3Cl)cc2CCN1C(=O)OCC(C)C. The summed E-state index contributed by atoms with van der Waals surface area (Å²) in [7, 11) is 1.31. The van der Waals surface area contributed by atoms with E-state index in [1.165, 1.54) is 12.0 Å². The average Bonchev–Trinajstić information content (AvgIpc) is 2.76. The first kappa shape index (κ1) is 23.2. The second-order valence-corrected chi connectivity index (χ2v) is 8.49. The quantitative estimate of drug-likeness (QED) is 0.531. The van der Waals surface area contributed by atoms with Gasteiger partial charge in [0.1, 0.15) is 12.4 Å². The van der Waals surface area contributed by atoms with E-state index in [0.717, 1.165) is 11.1 Å². The smallest absolute Gasteiger partial charge is 0.410 e. The third-order valence-corrected chi connectivity index (χ3v) is 5.83. The molecule has 31 heavy (non-hydrogen) atoms. The highest BCUT2D eigenvalue weighted by Crippen LogP contribution is 2.34. The van der Waals surface area contributed by atoms with Crippen molar-refractivity contribution < 1.29 is 23.8 Å². The molecule has 0 aliphatic carbocycles. The molecule has 2 aromatic carbocycles. The summed E-state index contributed by atoms with van der Waals surface area (Å²) in [4.78, 5) is 26.5. The van der Waals surface area contributed by atoms with Gasteiger partial charge < -0.3 is 14.2 Å². The molecule has 1 amide bonds. The number of rotatable bonds is 6. The van der Waals surface area contributed by atoms with Crippen LogP contribution in [0.15, 0.2) is 36.4 Å². The molecule has 0 fully saturated rings. The maximum absolute atomic E-state index is 12.6. The van der Waals surface area contributed by atoms with Gasteiger partial charge in [0.2, 0.25) is 0 Å². The Morgan fingerprint density at radius 3 is 2.68 bits per heavy atom. The summed E-state index contributed by atoms with van der Waals surface area (Å²) in [5.74, 6) is 0.321. The van der Waals surface area contributed by atoms with Crippen LogP contribution in [0.5, 0.6) is 5.75 Å². The van der Waals surface area contributed by atoms with E-state index in [1.807, 2.05) is 32.0 Å². The van der Waals surface area contributed by atoms with Crippen molar-refractivity contribution in [2.24, 2.45) is 5.92 Å². The monoisotopic (exact) mass is 465 g/mol. The number of methoxy groups -OCH3 is 1. The van der Waals surface area contributed by atoms with E-state index >= 15 is 0 Å². The van der Waals surface area contributed by atoms with Crippen LogP contribution in [0.25, 0.3) is 0 Å². The van der Waals surface area contributed by atoms with Gasteiger partial charge in [-0.15, -0.1) is 0 Å². The Hall–Kier alpha value is -2.44. The van der Waals surface area contributed by atoms with E-state index in [-0.39, 0.29) is 19.1 Å². The van der Waals surface area contributed by atoms with Gasteiger partial charge in [0.25, 0.3) is 0 Å². The molecule has 1 heterocycles. The molecular formula is C23H25Cl2NO5. The minimum atomic E-state index is -0.857. The largest absolute Gasteiger partial charge is 0.489 e. The summed E-state index contributed by atoms with van der Waals surface area (Å²) in [6.07, 6.45) is 0.0417. The average molecular weight is 466 g/mol. The number of esters is 1. The fourth-order valence-electron chi connectivity index (χ4n) is 3.40. The normalized spacial score (nSPS) is 15.4. The Balaban J connectivity index is 1.79. The van der Waals surface area contributed by atoms with Gasteiger partial charge >= 0.3 is 12.1 Å². The minimum absolute atomic E-state index is 0.199. The lowest BCUT2D eigenvalue weighted by molar-refractivity contribution is -0.147. The van der Waals surface area contributed by atoms with Crippen LogP contribution in [0.1, 0.15) is 36.6 Å². The standard InChI is InChI=1S/C23H25Cl2NO5/c1-14(2)12-31-23(28)26-10-9-15-11-17(7-8-18(15)21(26)22(27)29-3)30-13-16-5-4-6-19(24)20(16)25/h4-8,11,14,21H,9-10,12-13H2,1-3H3. The van der Waals surface area contributed by atoms with Gasteiger partial charge in [-0.2, -0.15) is 0 Å². The van der Waals surface area contributed by atoms with E-state index in [4.69, 9.17) is 37.4 Å². The van der Waals surface area contributed by atoms with Crippen molar-refractivity contribution in [2.45, 2.75) is 32.9 Å². The number of ether oxygens (including phenoxy) is 3. The summed E-state index contributed by atoms with van der Waals surface area (Å²) in [6, 6.07) is 9.94. The lowest BCUT2D eigenvalue weighted by atomic mass is 9.92. The number of carbonyl (C=O) groups excluding carboxylic acids is 2. The number of halogens is 2. The number of benzene rings is 2. The van der Waals surface area contributed by atoms with E-state index in [0.29, 0.717) is 34.3 Å². The minimum Gasteiger partial charge on any atom is -0.489 e. The molecule has 6 nitrogen and oxygen atoms in total. The molecule has 166 valence electrons. The zero-order valence-corrected chi connectivity index (χ0v) is 19.2. The van der Waals surface area contributed by atoms with Crippen molar-refractivity contribution in [3.05, 3.63) is 63.1 Å². The highest BCUT2D eigenvalue weighted by molar-refractivity contribution is 6.42. The van der Waals surface area contributed by atoms with Crippen molar-refractivity contribution in [3.63, 3.8) is 0 Å². The Morgan fingerprint density at radius 1 is 1.19 bits per heavy atom. The number of fused-ring (bicyclic) bond motifs is 1. The number of hydrogen-bond donors (Lipinski definition) is 0. The van der Waals surface area contributed by atoms with Crippen molar-refractivity contribution in [3.8, 4) is 5.75 Å². The number of nitrogens with zero attached hydrogens (tertiary/aromatic N) is 1. The maximum Gasteiger partial charge on any atom is 0.410 e. The van der Waals surface area contributed by atoms with Crippen LogP contribution in [0, 0.1) is 5.92 Å². The van der Waals surface area contributed by atoms with Gasteiger partial charge in [-0.25, -0.2) is 9.59 Å². The molecule has 1 unspecified atom stereocenters. The van der Waals surface area contributed by atoms with Crippen LogP contribution < -0.4 is 4.74 Å². The lowest BCUT2D eigenvalue weighted by Crippen LogP contribution is -2.44. The van der Waals surface area contributed by atoms with Crippen molar-refractivity contribution in [2.75, 3.05) is 20.3 Å². The van der Waals surface area contributed by atoms with E-state index in [9.17, 15) is 9.59 Å². The highest BCUT2D eigenvalue weighted by Gasteiger charge is 2.38. The van der Waals surface area contributed by atoms with E-state index in [2.05, 4.69) is 0 Å². The second kappa shape index (κ2) is 10.2. The molecule has 1 atom stereocenters. The maximum atomic E-state index is 12.6. The summed E-state index contributed by atoms with van der Waals surface area (Å²) in [5.41, 5.74) is 2.39. The first-order valence-electron chi connectivity index (χ1n) is 10.0. The molecule has 1 aliphatic rings. The molecule has 0 saturated heterocycles. The first-order valence-corrected chi connectivity index (χ1v) is 10.8. The summed E-state index contributed by atoms with van der Waals surface area (Å²) in [6.45, 7) is 4.79. The predicted molar refractivity (Wildman–Crippen MR) is 119 cm³/mol. The summed E-state index contributed by atoms with van der Waals surface area (Å²) in [5, 5.41) is 0.932. The predicted octanol–water partition coefficient (Wildman–Crippen LogP) is 5.44. The van der Waals surface area contributed by atoms with Gasteiger partial charge in [0, 0.05) is 12.1 Å². The van der Waals surface area contributed by atoms with Crippen LogP contribution in [-0.4, -0.2) is 37.2 Å². The highest BCUT2D eigenvalue weighted by atomic mass is 35.5. The summed E-state index contributed by atoms with van der Waals surface area (Å²) < 4.78 is 16.2. The molecule has 0 bridgehead atoms. The lowest BCUT2D eigenvalue weighted by Gasteiger charge is -2.35. The van der Waals surface area contributed by atoms with Gasteiger partial charge in [-0.3, -0.25) is 4.90 Å². The van der Waals surface area contributed by atoms with E-state index in [1.54, 1.807) is 18.2 Å². The van der Waals surface area contributed by atoms with Gasteiger partial charge in [0.15, 0.2) is 6.04 Å². The molecule has 0 saturated carbocycles. The molecule has 0 N–H and O–H groups in total. The number of carbonyl (C=O) groups is 2. The topological polar surface area (TPSA) is 65.1 Å². The Morgan fingerprint density at radius 2 is 1.97 bits per heavy atom. The molecule has 2 aromatic rings. The first-order chi connectivity index (χ1) is 14.8. The Bertz CT molecular complexity index is 963. The third kappa shape index (κ3) is 5.43. The van der Waals surface area contributed by atoms with Crippen LogP contribution in [0.3, 0.4) is 0 Å². The Labute approximate surface area is 192 Å². The zero-order valence-electron chi connectivity index (χ0n) is 17.7. The van der Waals surface area contributed by atoms with Crippen LogP contribution in [0.4, 0.5) is 4.79 Å². The van der Waals surface area contributed by atoms with Crippen LogP contribution in [-0.2, 0) is 27.3 Å². The molecule has 3 rings (SSSR count). The van der Waals surface area contributed by atoms with Crippen LogP contribution in [0.2, 0.25) is 10.0 Å². The van der Waals surface area contributed by atoms with Crippen molar-refractivity contribution in [1.29, 1.82) is 0 Å². The van der Waals surface area contributed by atoms with Crippen LogP contribution >= 0.6 is 23.2 Å². The van der Waals surface area contributed by atoms with Gasteiger partial charge in [-0.05, 0) is 41.7 Å². The number of amides is 1. The molecule has 8 heteroatoms. The molecule has 0 radical (unpaired) electrons. The zero-order chi connectivity index (χ0) is 22.5. The fourth-order valence-corrected chi connectivity index (χ4v) is 3.77. The van der Waals surface area contributed by atoms with Crippen molar-refractivity contribution >= 4 is 35.3 Å². The second-order valence-electron chi connectivity index (χ2n) is 7.70. The van der Waals surface area contributed by atoms with E-state index < -0.39 is 18.1 Å². The summed E-state index contributed by atoms with van der Waals surface area (Å²) >= 11 is 12.3. The van der Waals surface area contributed by atoms with Gasteiger partial charge in [-0.1, -0.05) is 55.2 Å². The molecule has 0 aromatic heterocycles. The third-order valence-electron chi connectivity index (χ3n) is 4.97. The molecule has 0 spiro atoms. The van der Waals surface area contributed by atoms with Crippen molar-refractivity contribution in [1.82, 2.24) is 4.90 Å². The fraction of sp³-hybridized carbons (Fsp3) is 0.391. The number of hydrogen-bond acceptors (Lipinski definition) is 5. The van der Waals surface area contributed by atoms with Gasteiger partial charge in [0.05, 0.1) is 23.8 Å². The molecule has 1 aliphatic heterocycles. The molecular weight excluding hydrogens is 441 g/mol. The Kier molecular flexibility index (Phi) is 7.68.